The fraction of sp³-hybridized carbons (Fsp3) is 0.455. The SMILES string of the molecule is CCC(C)C12ON1S(=O)(=O)c1ccccc12. The molecule has 1 aromatic rings. The van der Waals surface area contributed by atoms with Gasteiger partial charge in [0.15, 0.2) is 0 Å². The summed E-state index contributed by atoms with van der Waals surface area (Å²) < 4.78 is 25.3. The van der Waals surface area contributed by atoms with E-state index in [0.717, 1.165) is 16.5 Å². The van der Waals surface area contributed by atoms with Crippen molar-refractivity contribution in [1.29, 1.82) is 0 Å². The van der Waals surface area contributed by atoms with Crippen LogP contribution in [-0.2, 0) is 20.6 Å². The van der Waals surface area contributed by atoms with Crippen molar-refractivity contribution in [3.63, 3.8) is 0 Å². The van der Waals surface area contributed by atoms with Gasteiger partial charge in [-0.2, -0.15) is 0 Å². The van der Waals surface area contributed by atoms with Crippen LogP contribution in [0.15, 0.2) is 29.2 Å². The summed E-state index contributed by atoms with van der Waals surface area (Å²) in [6.07, 6.45) is 0.875. The first-order valence-corrected chi connectivity index (χ1v) is 6.83. The summed E-state index contributed by atoms with van der Waals surface area (Å²) in [4.78, 5) is 5.77. The van der Waals surface area contributed by atoms with Gasteiger partial charge in [-0.3, -0.25) is 0 Å². The molecule has 0 radical (unpaired) electrons. The standard InChI is InChI=1S/C11H13NO3S/c1-3-8(2)11-9-6-4-5-7-10(9)16(13,14)12(11)15-11/h4-8H,3H2,1-2H3. The molecule has 86 valence electrons. The highest BCUT2D eigenvalue weighted by molar-refractivity contribution is 7.89. The highest BCUT2D eigenvalue weighted by Crippen LogP contribution is 2.61. The summed E-state index contributed by atoms with van der Waals surface area (Å²) in [7, 11) is -3.41. The zero-order valence-electron chi connectivity index (χ0n) is 9.17. The average molecular weight is 239 g/mol. The molecule has 5 heteroatoms. The van der Waals surface area contributed by atoms with Gasteiger partial charge in [0, 0.05) is 11.5 Å². The molecule has 0 aliphatic carbocycles. The largest absolute Gasteiger partial charge is 0.268 e. The Balaban J connectivity index is 2.25. The molecular weight excluding hydrogens is 226 g/mol. The van der Waals surface area contributed by atoms with Crippen molar-refractivity contribution in [3.8, 4) is 0 Å². The molecule has 1 fully saturated rings. The minimum atomic E-state index is -3.41. The molecule has 1 saturated heterocycles. The second-order valence-electron chi connectivity index (χ2n) is 4.33. The van der Waals surface area contributed by atoms with Gasteiger partial charge in [0.1, 0.15) is 0 Å². The van der Waals surface area contributed by atoms with Crippen LogP contribution in [0.3, 0.4) is 0 Å². The van der Waals surface area contributed by atoms with E-state index >= 15 is 0 Å². The van der Waals surface area contributed by atoms with Crippen molar-refractivity contribution in [2.75, 3.05) is 0 Å². The number of hydroxylamine groups is 1. The summed E-state index contributed by atoms with van der Waals surface area (Å²) in [5.74, 6) is 0.158. The second kappa shape index (κ2) is 2.85. The highest BCUT2D eigenvalue weighted by Gasteiger charge is 2.72. The third-order valence-electron chi connectivity index (χ3n) is 3.51. The van der Waals surface area contributed by atoms with Crippen LogP contribution in [0.2, 0.25) is 0 Å². The minimum Gasteiger partial charge on any atom is -0.250 e. The zero-order chi connectivity index (χ0) is 11.6. The lowest BCUT2D eigenvalue weighted by Gasteiger charge is -2.14. The van der Waals surface area contributed by atoms with Crippen molar-refractivity contribution < 1.29 is 13.3 Å². The van der Waals surface area contributed by atoms with Crippen LogP contribution >= 0.6 is 0 Å². The van der Waals surface area contributed by atoms with Crippen LogP contribution < -0.4 is 0 Å². The van der Waals surface area contributed by atoms with Gasteiger partial charge < -0.3 is 0 Å². The summed E-state index contributed by atoms with van der Waals surface area (Å²) in [5, 5.41) is 0. The van der Waals surface area contributed by atoms with Crippen LogP contribution in [0.1, 0.15) is 25.8 Å². The Morgan fingerprint density at radius 2 is 2.12 bits per heavy atom. The molecule has 0 bridgehead atoms. The van der Waals surface area contributed by atoms with E-state index < -0.39 is 15.7 Å². The summed E-state index contributed by atoms with van der Waals surface area (Å²) in [6, 6.07) is 7.08. The van der Waals surface area contributed by atoms with Gasteiger partial charge in [0.05, 0.1) is 4.90 Å². The van der Waals surface area contributed by atoms with Crippen molar-refractivity contribution >= 4 is 10.0 Å². The van der Waals surface area contributed by atoms with Gasteiger partial charge in [-0.25, -0.2) is 13.3 Å². The van der Waals surface area contributed by atoms with E-state index in [2.05, 4.69) is 0 Å². The third kappa shape index (κ3) is 0.941. The van der Waals surface area contributed by atoms with E-state index in [1.165, 1.54) is 0 Å². The van der Waals surface area contributed by atoms with Crippen LogP contribution in [0, 0.1) is 5.92 Å². The summed E-state index contributed by atoms with van der Waals surface area (Å²) in [6.45, 7) is 4.05. The normalized spacial score (nSPS) is 35.2. The molecule has 2 heterocycles. The Bertz CT molecular complexity index is 554. The molecular formula is C11H13NO3S. The van der Waals surface area contributed by atoms with Crippen LogP contribution in [0.5, 0.6) is 0 Å². The van der Waals surface area contributed by atoms with Crippen LogP contribution in [0.4, 0.5) is 0 Å². The lowest BCUT2D eigenvalue weighted by Crippen LogP contribution is -2.20. The van der Waals surface area contributed by atoms with E-state index in [1.54, 1.807) is 12.1 Å². The van der Waals surface area contributed by atoms with Gasteiger partial charge in [-0.05, 0) is 17.0 Å². The van der Waals surface area contributed by atoms with Gasteiger partial charge in [-0.15, -0.1) is 0 Å². The molecule has 0 amide bonds. The van der Waals surface area contributed by atoms with E-state index in [1.807, 2.05) is 26.0 Å². The summed E-state index contributed by atoms with van der Waals surface area (Å²) >= 11 is 0. The van der Waals surface area contributed by atoms with Gasteiger partial charge in [0.2, 0.25) is 5.72 Å². The van der Waals surface area contributed by atoms with E-state index in [0.29, 0.717) is 4.90 Å². The number of hydrogen-bond acceptors (Lipinski definition) is 3. The van der Waals surface area contributed by atoms with Crippen molar-refractivity contribution in [2.24, 2.45) is 5.92 Å². The fourth-order valence-electron chi connectivity index (χ4n) is 2.37. The maximum atomic E-state index is 12.1. The summed E-state index contributed by atoms with van der Waals surface area (Å²) in [5.41, 5.74) is 0.0637. The number of sulfonamides is 1. The predicted octanol–water partition coefficient (Wildman–Crippen LogP) is 1.83. The monoisotopic (exact) mass is 239 g/mol. The molecule has 1 aromatic carbocycles. The molecule has 3 rings (SSSR count). The highest BCUT2D eigenvalue weighted by atomic mass is 32.2. The maximum absolute atomic E-state index is 12.1. The Morgan fingerprint density at radius 3 is 2.81 bits per heavy atom. The first-order valence-electron chi connectivity index (χ1n) is 5.39. The fourth-order valence-corrected chi connectivity index (χ4v) is 4.14. The third-order valence-corrected chi connectivity index (χ3v) is 5.20. The molecule has 0 spiro atoms. The Kier molecular flexibility index (Phi) is 1.83. The number of rotatable bonds is 2. The van der Waals surface area contributed by atoms with E-state index in [-0.39, 0.29) is 5.92 Å². The zero-order valence-corrected chi connectivity index (χ0v) is 9.99. The average Bonchev–Trinajstić information content (AvgIpc) is 3.01. The number of nitrogens with zero attached hydrogens (tertiary/aromatic N) is 1. The van der Waals surface area contributed by atoms with Crippen molar-refractivity contribution in [3.05, 3.63) is 29.8 Å². The molecule has 2 aliphatic heterocycles. The molecule has 4 nitrogen and oxygen atoms in total. The van der Waals surface area contributed by atoms with E-state index in [4.69, 9.17) is 4.84 Å². The van der Waals surface area contributed by atoms with Crippen LogP contribution in [-0.4, -0.2) is 12.9 Å². The first-order chi connectivity index (χ1) is 7.55. The number of hydrogen-bond donors (Lipinski definition) is 0. The Hall–Kier alpha value is -0.910. The first kappa shape index (κ1) is 10.3. The van der Waals surface area contributed by atoms with Crippen molar-refractivity contribution in [1.82, 2.24) is 4.47 Å². The topological polar surface area (TPSA) is 49.7 Å². The molecule has 3 unspecified atom stereocenters. The lowest BCUT2D eigenvalue weighted by molar-refractivity contribution is 0.203. The smallest absolute Gasteiger partial charge is 0.250 e. The quantitative estimate of drug-likeness (QED) is 0.740. The number of fused-ring (bicyclic) bond motifs is 3. The Labute approximate surface area is 94.8 Å². The van der Waals surface area contributed by atoms with Gasteiger partial charge in [0.25, 0.3) is 10.0 Å². The van der Waals surface area contributed by atoms with Gasteiger partial charge >= 0.3 is 0 Å². The predicted molar refractivity (Wildman–Crippen MR) is 57.7 cm³/mol. The molecule has 16 heavy (non-hydrogen) atoms. The molecule has 0 aromatic heterocycles. The minimum absolute atomic E-state index is 0.158. The molecule has 0 N–H and O–H groups in total. The molecule has 2 aliphatic rings. The lowest BCUT2D eigenvalue weighted by atomic mass is 9.91. The maximum Gasteiger partial charge on any atom is 0.268 e. The molecule has 3 atom stereocenters. The van der Waals surface area contributed by atoms with Crippen LogP contribution in [0.25, 0.3) is 0 Å². The van der Waals surface area contributed by atoms with Crippen molar-refractivity contribution in [2.45, 2.75) is 30.9 Å². The second-order valence-corrected chi connectivity index (χ2v) is 6.05. The molecule has 0 saturated carbocycles. The Morgan fingerprint density at radius 1 is 1.44 bits per heavy atom. The van der Waals surface area contributed by atoms with Gasteiger partial charge in [-0.1, -0.05) is 32.0 Å². The van der Waals surface area contributed by atoms with E-state index in [9.17, 15) is 8.42 Å². The number of benzene rings is 1.